The zero-order valence-corrected chi connectivity index (χ0v) is 33.5. The van der Waals surface area contributed by atoms with Crippen molar-refractivity contribution in [2.24, 2.45) is 0 Å². The molecule has 0 atom stereocenters. The van der Waals surface area contributed by atoms with Crippen LogP contribution in [0, 0.1) is 122 Å². The molecule has 9 rings (SSSR count). The molecule has 9 aromatic rings. The van der Waals surface area contributed by atoms with E-state index in [0.717, 1.165) is 0 Å². The summed E-state index contributed by atoms with van der Waals surface area (Å²) >= 11 is 0. The molecule has 0 heterocycles. The molecule has 0 spiro atoms. The average molecular weight is 1020 g/mol. The van der Waals surface area contributed by atoms with Gasteiger partial charge in [0.15, 0.2) is 105 Å². The third kappa shape index (κ3) is 7.13. The van der Waals surface area contributed by atoms with Crippen molar-refractivity contribution in [2.45, 2.75) is 0 Å². The van der Waals surface area contributed by atoms with E-state index >= 15 is 48.3 Å². The molecule has 362 valence electrons. The smallest absolute Gasteiger partial charge is 0.487 e. The van der Waals surface area contributed by atoms with Crippen molar-refractivity contribution in [3.63, 3.8) is 0 Å². The average Bonchev–Trinajstić information content (AvgIpc) is 3.34. The van der Waals surface area contributed by atoms with E-state index in [-0.39, 0.29) is 36.4 Å². The Kier molecular flexibility index (Phi) is 11.6. The summed E-state index contributed by atoms with van der Waals surface area (Å²) in [5.74, 6) is -54.6. The van der Waals surface area contributed by atoms with E-state index in [0.29, 0.717) is 24.3 Å². The summed E-state index contributed by atoms with van der Waals surface area (Å²) < 4.78 is 333. The molecule has 3 nitrogen and oxygen atoms in total. The Labute approximate surface area is 378 Å². The predicted molar refractivity (Wildman–Crippen MR) is 207 cm³/mol. The Morgan fingerprint density at radius 1 is 0.239 bits per heavy atom. The third-order valence-corrected chi connectivity index (χ3v) is 10.9. The summed E-state index contributed by atoms with van der Waals surface area (Å²) in [7, 11) is -3.42. The molecular weight excluding hydrogens is 1010 g/mol. The lowest BCUT2D eigenvalue weighted by molar-refractivity contribution is 0.281. The second kappa shape index (κ2) is 17.2. The molecule has 0 aromatic heterocycles. The van der Waals surface area contributed by atoms with Crippen LogP contribution >= 0.6 is 0 Å². The summed E-state index contributed by atoms with van der Waals surface area (Å²) in [4.78, 5) is 0. The van der Waals surface area contributed by atoms with E-state index < -0.39 is 212 Å². The maximum absolute atomic E-state index is 16.5. The van der Waals surface area contributed by atoms with Gasteiger partial charge < -0.3 is 14.0 Å². The van der Waals surface area contributed by atoms with Gasteiger partial charge in [0.1, 0.15) is 17.4 Å². The number of fused-ring (bicyclic) bond motifs is 4. The summed E-state index contributed by atoms with van der Waals surface area (Å²) in [6, 6.07) is 2.84. The SMILES string of the molecule is Fc1ccc(OB(Oc2c(F)c(F)c(F)c3c(F)c(-c4c(F)c(F)c(F)c5c(F)c(F)ccc45)ccc23)Oc2c(F)c(F)c(F)c3c(F)c(-c4c(F)c(F)c(F)c5c(F)c(F)ccc45)ccc23)c(F)c1F. The molecule has 0 bridgehead atoms. The zero-order chi connectivity index (χ0) is 51.6. The van der Waals surface area contributed by atoms with E-state index in [4.69, 9.17) is 14.0 Å². The van der Waals surface area contributed by atoms with Gasteiger partial charge in [-0.3, -0.25) is 0 Å². The first-order chi connectivity index (χ1) is 33.5. The topological polar surface area (TPSA) is 27.7 Å². The molecule has 0 fully saturated rings. The maximum Gasteiger partial charge on any atom is 0.864 e. The van der Waals surface area contributed by atoms with Gasteiger partial charge in [0.2, 0.25) is 17.5 Å². The monoisotopic (exact) mass is 1020 g/mol. The van der Waals surface area contributed by atoms with Gasteiger partial charge in [0, 0.05) is 33.0 Å². The van der Waals surface area contributed by atoms with Crippen molar-refractivity contribution in [1.82, 2.24) is 0 Å². The molecule has 0 aliphatic carbocycles. The highest BCUT2D eigenvalue weighted by atomic mass is 19.2. The van der Waals surface area contributed by atoms with Crippen LogP contribution in [0.1, 0.15) is 0 Å². The Morgan fingerprint density at radius 3 is 0.958 bits per heavy atom. The molecular formula is C46H10BF21O3. The molecule has 0 amide bonds. The van der Waals surface area contributed by atoms with Crippen molar-refractivity contribution < 1.29 is 106 Å². The second-order valence-corrected chi connectivity index (χ2v) is 14.8. The van der Waals surface area contributed by atoms with Gasteiger partial charge in [-0.1, -0.05) is 24.3 Å². The van der Waals surface area contributed by atoms with Crippen LogP contribution < -0.4 is 14.0 Å². The standard InChI is InChI=1S/C46H10BF21O3/c48-17-7-5-11-21(33(57)39(63)35(59)23(11)29(17)53)13-1-3-15-25(27(13)51)37(61)41(65)43(67)45(15)70-47(69-20-10-9-19(50)31(55)32(20)56)71-46-16-4-2-14(28(52)26(16)38(62)42(66)44(46)68)22-12-6-8-18(49)30(54)24(12)36(60)40(64)34(22)58/h1-10H. The molecule has 0 aliphatic rings. The zero-order valence-electron chi connectivity index (χ0n) is 33.5. The van der Waals surface area contributed by atoms with Gasteiger partial charge in [-0.15, -0.1) is 0 Å². The predicted octanol–water partition coefficient (Wildman–Crippen LogP) is 15.1. The fourth-order valence-electron chi connectivity index (χ4n) is 7.73. The van der Waals surface area contributed by atoms with Crippen LogP contribution in [0.15, 0.2) is 60.7 Å². The number of hydrogen-bond acceptors (Lipinski definition) is 3. The lowest BCUT2D eigenvalue weighted by Gasteiger charge is -2.21. The number of rotatable bonds is 8. The van der Waals surface area contributed by atoms with E-state index in [1.165, 1.54) is 0 Å². The molecule has 0 saturated heterocycles. The van der Waals surface area contributed by atoms with Gasteiger partial charge in [0.25, 0.3) is 0 Å². The maximum atomic E-state index is 16.5. The summed E-state index contributed by atoms with van der Waals surface area (Å²) in [5, 5.41) is -12.0. The van der Waals surface area contributed by atoms with Crippen LogP contribution in [0.4, 0.5) is 92.2 Å². The van der Waals surface area contributed by atoms with Crippen molar-refractivity contribution in [3.8, 4) is 39.5 Å². The van der Waals surface area contributed by atoms with Crippen molar-refractivity contribution >= 4 is 50.4 Å². The highest BCUT2D eigenvalue weighted by molar-refractivity contribution is 6.40. The van der Waals surface area contributed by atoms with Gasteiger partial charge in [-0.25, -0.2) is 79.0 Å². The van der Waals surface area contributed by atoms with E-state index in [2.05, 4.69) is 0 Å². The van der Waals surface area contributed by atoms with Gasteiger partial charge >= 0.3 is 7.32 Å². The summed E-state index contributed by atoms with van der Waals surface area (Å²) in [6.45, 7) is 0. The second-order valence-electron chi connectivity index (χ2n) is 14.8. The van der Waals surface area contributed by atoms with E-state index in [1.54, 1.807) is 0 Å². The Bertz CT molecular complexity index is 3630. The van der Waals surface area contributed by atoms with Crippen LogP contribution in [0.25, 0.3) is 65.3 Å². The van der Waals surface area contributed by atoms with Crippen LogP contribution in [-0.4, -0.2) is 7.32 Å². The number of benzene rings is 9. The Morgan fingerprint density at radius 2 is 0.563 bits per heavy atom. The molecule has 0 radical (unpaired) electrons. The molecule has 25 heteroatoms. The summed E-state index contributed by atoms with van der Waals surface area (Å²) in [6.07, 6.45) is 0. The lowest BCUT2D eigenvalue weighted by Crippen LogP contribution is -2.38. The first-order valence-corrected chi connectivity index (χ1v) is 19.1. The fraction of sp³-hybridized carbons (Fsp3) is 0. The molecule has 0 aliphatic heterocycles. The van der Waals surface area contributed by atoms with Crippen LogP contribution in [0.3, 0.4) is 0 Å². The number of halogens is 21. The van der Waals surface area contributed by atoms with Gasteiger partial charge in [-0.2, -0.15) is 13.2 Å². The molecule has 0 N–H and O–H groups in total. The van der Waals surface area contributed by atoms with E-state index in [1.807, 2.05) is 0 Å². The molecule has 9 aromatic carbocycles. The normalized spacial score (nSPS) is 11.7. The first kappa shape index (κ1) is 48.1. The molecule has 71 heavy (non-hydrogen) atoms. The molecule has 0 saturated carbocycles. The quantitative estimate of drug-likeness (QED) is 0.0862. The fourth-order valence-corrected chi connectivity index (χ4v) is 7.73. The van der Waals surface area contributed by atoms with Crippen molar-refractivity contribution in [2.75, 3.05) is 0 Å². The van der Waals surface area contributed by atoms with Gasteiger partial charge in [-0.05, 0) is 47.2 Å². The lowest BCUT2D eigenvalue weighted by atomic mass is 9.93. The van der Waals surface area contributed by atoms with Crippen molar-refractivity contribution in [1.29, 1.82) is 0 Å². The van der Waals surface area contributed by atoms with Crippen molar-refractivity contribution in [3.05, 3.63) is 183 Å². The Hall–Kier alpha value is -7.99. The van der Waals surface area contributed by atoms with Crippen LogP contribution in [0.5, 0.6) is 17.2 Å². The Balaban J connectivity index is 1.25. The van der Waals surface area contributed by atoms with Crippen LogP contribution in [-0.2, 0) is 0 Å². The van der Waals surface area contributed by atoms with E-state index in [9.17, 15) is 43.9 Å². The minimum Gasteiger partial charge on any atom is -0.487 e. The van der Waals surface area contributed by atoms with Crippen LogP contribution in [0.2, 0.25) is 0 Å². The highest BCUT2D eigenvalue weighted by Gasteiger charge is 2.40. The highest BCUT2D eigenvalue weighted by Crippen LogP contribution is 2.46. The summed E-state index contributed by atoms with van der Waals surface area (Å²) in [5.41, 5.74) is -5.75. The van der Waals surface area contributed by atoms with Gasteiger partial charge in [0.05, 0.1) is 21.5 Å². The number of hydrogen-bond donors (Lipinski definition) is 0. The third-order valence-electron chi connectivity index (χ3n) is 10.9. The molecule has 0 unspecified atom stereocenters. The minimum absolute atomic E-state index is 0.127. The minimum atomic E-state index is -3.42. The first-order valence-electron chi connectivity index (χ1n) is 19.1. The largest absolute Gasteiger partial charge is 0.864 e.